The topological polar surface area (TPSA) is 122 Å². The van der Waals surface area contributed by atoms with Gasteiger partial charge in [0.2, 0.25) is 0 Å². The van der Waals surface area contributed by atoms with Crippen LogP contribution in [0.4, 0.5) is 18.9 Å². The third kappa shape index (κ3) is 6.73. The van der Waals surface area contributed by atoms with Gasteiger partial charge in [0.1, 0.15) is 11.5 Å². The van der Waals surface area contributed by atoms with Crippen molar-refractivity contribution in [2.75, 3.05) is 11.6 Å². The molecule has 1 unspecified atom stereocenters. The van der Waals surface area contributed by atoms with Crippen LogP contribution in [0.15, 0.2) is 35.4 Å². The van der Waals surface area contributed by atoms with Crippen LogP contribution in [0.2, 0.25) is 0 Å². The Hall–Kier alpha value is -2.89. The van der Waals surface area contributed by atoms with Gasteiger partial charge in [0.05, 0.1) is 12.7 Å². The van der Waals surface area contributed by atoms with E-state index in [1.165, 1.54) is 10.8 Å². The molecule has 0 radical (unpaired) electrons. The molecular weight excluding hydrogens is 391 g/mol. The summed E-state index contributed by atoms with van der Waals surface area (Å²) in [5, 5.41) is 19.2. The molecule has 0 fully saturated rings. The summed E-state index contributed by atoms with van der Waals surface area (Å²) in [5.41, 5.74) is 1.01. The van der Waals surface area contributed by atoms with Crippen LogP contribution in [0.3, 0.4) is 0 Å². The van der Waals surface area contributed by atoms with Gasteiger partial charge >= 0.3 is 18.1 Å². The molecule has 27 heavy (non-hydrogen) atoms. The maximum absolute atomic E-state index is 11.3. The number of alkyl halides is 3. The number of benzene rings is 1. The van der Waals surface area contributed by atoms with Crippen molar-refractivity contribution in [3.63, 3.8) is 0 Å². The van der Waals surface area contributed by atoms with Gasteiger partial charge in [-0.1, -0.05) is 0 Å². The number of aromatic nitrogens is 2. The highest BCUT2D eigenvalue weighted by atomic mass is 32.2. The van der Waals surface area contributed by atoms with Gasteiger partial charge in [-0.15, -0.1) is 0 Å². The van der Waals surface area contributed by atoms with Crippen molar-refractivity contribution in [3.8, 4) is 0 Å². The first-order chi connectivity index (χ1) is 12.4. The zero-order valence-electron chi connectivity index (χ0n) is 14.1. The van der Waals surface area contributed by atoms with Crippen LogP contribution in [0.25, 0.3) is 0 Å². The van der Waals surface area contributed by atoms with Crippen LogP contribution in [0.5, 0.6) is 0 Å². The van der Waals surface area contributed by atoms with Gasteiger partial charge in [-0.2, -0.15) is 13.2 Å². The average Bonchev–Trinajstić information content (AvgIpc) is 2.94. The van der Waals surface area contributed by atoms with Crippen molar-refractivity contribution in [2.45, 2.75) is 17.6 Å². The number of anilines is 1. The Bertz CT molecular complexity index is 834. The maximum atomic E-state index is 11.3. The van der Waals surface area contributed by atoms with Crippen LogP contribution in [-0.2, 0) is 29.2 Å². The van der Waals surface area contributed by atoms with E-state index in [0.29, 0.717) is 12.4 Å². The SMILES string of the molecule is Cn1c(C(=O)O)cnc1CNc1ccc(S(C)=O)cc1.O=C(O)C(F)(F)F. The summed E-state index contributed by atoms with van der Waals surface area (Å²) in [6.07, 6.45) is -2.12. The molecule has 2 aromatic rings. The first kappa shape index (κ1) is 22.2. The van der Waals surface area contributed by atoms with Crippen LogP contribution < -0.4 is 5.32 Å². The zero-order chi connectivity index (χ0) is 20.8. The summed E-state index contributed by atoms with van der Waals surface area (Å²) >= 11 is 0. The maximum Gasteiger partial charge on any atom is 0.490 e. The highest BCUT2D eigenvalue weighted by Gasteiger charge is 2.38. The van der Waals surface area contributed by atoms with E-state index in [1.807, 2.05) is 12.1 Å². The number of carboxylic acids is 2. The number of carbonyl (C=O) groups is 2. The lowest BCUT2D eigenvalue weighted by Gasteiger charge is -2.07. The van der Waals surface area contributed by atoms with Crippen molar-refractivity contribution in [2.24, 2.45) is 7.05 Å². The van der Waals surface area contributed by atoms with Crippen LogP contribution in [0.1, 0.15) is 16.3 Å². The van der Waals surface area contributed by atoms with Gasteiger partial charge in [0.15, 0.2) is 0 Å². The number of imidazole rings is 1. The fourth-order valence-electron chi connectivity index (χ4n) is 1.76. The number of hydrogen-bond donors (Lipinski definition) is 3. The molecule has 0 aliphatic heterocycles. The van der Waals surface area contributed by atoms with E-state index in [1.54, 1.807) is 25.4 Å². The Morgan fingerprint density at radius 1 is 1.22 bits per heavy atom. The van der Waals surface area contributed by atoms with E-state index >= 15 is 0 Å². The van der Waals surface area contributed by atoms with Gasteiger partial charge in [-0.05, 0) is 24.3 Å². The third-order valence-corrected chi connectivity index (χ3v) is 4.12. The van der Waals surface area contributed by atoms with Crippen LogP contribution in [0, 0.1) is 0 Å². The molecule has 0 saturated carbocycles. The zero-order valence-corrected chi connectivity index (χ0v) is 15.0. The molecule has 0 aliphatic rings. The minimum Gasteiger partial charge on any atom is -0.477 e. The first-order valence-corrected chi connectivity index (χ1v) is 8.70. The molecule has 0 amide bonds. The number of halogens is 3. The minimum atomic E-state index is -5.08. The number of nitrogens with one attached hydrogen (secondary N) is 1. The number of aliphatic carboxylic acids is 1. The lowest BCUT2D eigenvalue weighted by atomic mass is 10.3. The van der Waals surface area contributed by atoms with E-state index in [4.69, 9.17) is 15.0 Å². The van der Waals surface area contributed by atoms with Crippen molar-refractivity contribution in [1.82, 2.24) is 9.55 Å². The van der Waals surface area contributed by atoms with Crippen molar-refractivity contribution < 1.29 is 37.2 Å². The molecule has 1 aromatic carbocycles. The Balaban J connectivity index is 0.000000445. The summed E-state index contributed by atoms with van der Waals surface area (Å²) < 4.78 is 44.5. The summed E-state index contributed by atoms with van der Waals surface area (Å²) in [6, 6.07) is 7.24. The molecule has 1 aromatic heterocycles. The van der Waals surface area contributed by atoms with E-state index in [-0.39, 0.29) is 5.69 Å². The Labute approximate surface area is 154 Å². The average molecular weight is 407 g/mol. The second-order valence-corrected chi connectivity index (χ2v) is 6.44. The Kier molecular flexibility index (Phi) is 7.52. The van der Waals surface area contributed by atoms with Crippen molar-refractivity contribution in [1.29, 1.82) is 0 Å². The number of carboxylic acid groups (broad SMARTS) is 2. The summed E-state index contributed by atoms with van der Waals surface area (Å²) in [6.45, 7) is 0.415. The first-order valence-electron chi connectivity index (χ1n) is 7.14. The standard InChI is InChI=1S/C13H15N3O3S.C2HF3O2/c1-16-11(13(17)18)7-15-12(16)8-14-9-3-5-10(6-4-9)20(2)19;3-2(4,5)1(6)7/h3-7,14H,8H2,1-2H3,(H,17,18);(H,6,7). The quantitative estimate of drug-likeness (QED) is 0.694. The van der Waals surface area contributed by atoms with E-state index in [0.717, 1.165) is 10.6 Å². The number of rotatable bonds is 5. The minimum absolute atomic E-state index is 0.151. The predicted molar refractivity (Wildman–Crippen MR) is 90.0 cm³/mol. The van der Waals surface area contributed by atoms with Gasteiger partial charge in [0, 0.05) is 34.7 Å². The number of hydrogen-bond acceptors (Lipinski definition) is 5. The second-order valence-electron chi connectivity index (χ2n) is 5.06. The molecule has 0 spiro atoms. The van der Waals surface area contributed by atoms with E-state index < -0.39 is 28.9 Å². The highest BCUT2D eigenvalue weighted by molar-refractivity contribution is 7.84. The lowest BCUT2D eigenvalue weighted by Crippen LogP contribution is -2.21. The van der Waals surface area contributed by atoms with E-state index in [9.17, 15) is 22.2 Å². The van der Waals surface area contributed by atoms with Crippen LogP contribution >= 0.6 is 0 Å². The lowest BCUT2D eigenvalue weighted by molar-refractivity contribution is -0.192. The van der Waals surface area contributed by atoms with Crippen molar-refractivity contribution in [3.05, 3.63) is 42.0 Å². The third-order valence-electron chi connectivity index (χ3n) is 3.18. The van der Waals surface area contributed by atoms with Gasteiger partial charge in [0.25, 0.3) is 0 Å². The molecule has 12 heteroatoms. The normalized spacial score (nSPS) is 11.9. The fraction of sp³-hybridized carbons (Fsp3) is 0.267. The summed E-state index contributed by atoms with van der Waals surface area (Å²) in [7, 11) is 0.671. The Morgan fingerprint density at radius 2 is 1.74 bits per heavy atom. The smallest absolute Gasteiger partial charge is 0.477 e. The van der Waals surface area contributed by atoms with Gasteiger partial charge < -0.3 is 20.1 Å². The highest BCUT2D eigenvalue weighted by Crippen LogP contribution is 2.14. The summed E-state index contributed by atoms with van der Waals surface area (Å²) in [5.74, 6) is -3.13. The Morgan fingerprint density at radius 3 is 2.11 bits per heavy atom. The number of nitrogens with zero attached hydrogens (tertiary/aromatic N) is 2. The molecule has 3 N–H and O–H groups in total. The monoisotopic (exact) mass is 407 g/mol. The van der Waals surface area contributed by atoms with Crippen LogP contribution in [-0.4, -0.2) is 48.3 Å². The second kappa shape index (κ2) is 9.16. The molecule has 0 saturated heterocycles. The molecule has 0 aliphatic carbocycles. The largest absolute Gasteiger partial charge is 0.490 e. The molecule has 1 heterocycles. The molecule has 2 rings (SSSR count). The fourth-order valence-corrected chi connectivity index (χ4v) is 2.28. The van der Waals surface area contributed by atoms with E-state index in [2.05, 4.69) is 10.3 Å². The molecular formula is C15H16F3N3O5S. The molecule has 1 atom stereocenters. The molecule has 0 bridgehead atoms. The summed E-state index contributed by atoms with van der Waals surface area (Å²) in [4.78, 5) is 24.6. The van der Waals surface area contributed by atoms with Gasteiger partial charge in [-0.25, -0.2) is 14.6 Å². The van der Waals surface area contributed by atoms with Crippen molar-refractivity contribution >= 4 is 28.4 Å². The van der Waals surface area contributed by atoms with Gasteiger partial charge in [-0.3, -0.25) is 4.21 Å². The predicted octanol–water partition coefficient (Wildman–Crippen LogP) is 2.10. The molecule has 148 valence electrons. The number of aromatic carboxylic acids is 1. The molecule has 8 nitrogen and oxygen atoms in total.